The van der Waals surface area contributed by atoms with Gasteiger partial charge in [0.1, 0.15) is 0 Å². The van der Waals surface area contributed by atoms with E-state index in [0.29, 0.717) is 5.92 Å². The van der Waals surface area contributed by atoms with Gasteiger partial charge in [0.15, 0.2) is 0 Å². The molecule has 1 atom stereocenters. The van der Waals surface area contributed by atoms with Gasteiger partial charge in [-0.1, -0.05) is 27.7 Å². The van der Waals surface area contributed by atoms with Crippen LogP contribution in [0.3, 0.4) is 0 Å². The summed E-state index contributed by atoms with van der Waals surface area (Å²) in [6, 6.07) is 1.85. The van der Waals surface area contributed by atoms with Gasteiger partial charge in [0, 0.05) is 11.9 Å². The molecule has 0 aliphatic rings. The third-order valence-electron chi connectivity index (χ3n) is 2.88. The normalized spacial score (nSPS) is 13.6. The van der Waals surface area contributed by atoms with E-state index in [2.05, 4.69) is 48.9 Å². The molecule has 1 rings (SSSR count). The lowest BCUT2D eigenvalue weighted by Gasteiger charge is -2.27. The van der Waals surface area contributed by atoms with Crippen molar-refractivity contribution in [3.63, 3.8) is 0 Å². The van der Waals surface area contributed by atoms with Crippen molar-refractivity contribution in [3.8, 4) is 0 Å². The second-order valence-electron chi connectivity index (χ2n) is 5.12. The van der Waals surface area contributed by atoms with Gasteiger partial charge < -0.3 is 5.32 Å². The fraction of sp³-hybridized carbons (Fsp3) is 0.583. The highest BCUT2D eigenvalue weighted by Crippen LogP contribution is 2.25. The number of halogens is 1. The summed E-state index contributed by atoms with van der Waals surface area (Å²) in [7, 11) is 0. The number of amides is 1. The van der Waals surface area contributed by atoms with Crippen molar-refractivity contribution in [2.75, 3.05) is 6.54 Å². The van der Waals surface area contributed by atoms with Crippen molar-refractivity contribution in [3.05, 3.63) is 20.8 Å². The highest BCUT2D eigenvalue weighted by atomic mass is 79.9. The minimum Gasteiger partial charge on any atom is -0.352 e. The molecule has 1 unspecified atom stereocenters. The summed E-state index contributed by atoms with van der Waals surface area (Å²) in [5.74, 6) is 0.469. The third kappa shape index (κ3) is 3.91. The predicted octanol–water partition coefficient (Wildman–Crippen LogP) is 3.92. The monoisotopic (exact) mass is 303 g/mol. The number of nitrogens with one attached hydrogen (secondary N) is 1. The van der Waals surface area contributed by atoms with Crippen LogP contribution in [0.4, 0.5) is 0 Å². The summed E-state index contributed by atoms with van der Waals surface area (Å²) < 4.78 is 0.988. The Morgan fingerprint density at radius 1 is 1.56 bits per heavy atom. The molecule has 0 bridgehead atoms. The van der Waals surface area contributed by atoms with Gasteiger partial charge in [-0.05, 0) is 33.3 Å². The van der Waals surface area contributed by atoms with Crippen molar-refractivity contribution in [2.24, 2.45) is 11.3 Å². The first-order valence-corrected chi connectivity index (χ1v) is 7.00. The average molecular weight is 304 g/mol. The molecule has 0 aliphatic heterocycles. The van der Waals surface area contributed by atoms with Crippen molar-refractivity contribution in [2.45, 2.75) is 27.7 Å². The van der Waals surface area contributed by atoms with Crippen molar-refractivity contribution >= 4 is 33.2 Å². The van der Waals surface area contributed by atoms with Crippen LogP contribution in [0.2, 0.25) is 0 Å². The molecule has 0 saturated carbocycles. The smallest absolute Gasteiger partial charge is 0.252 e. The summed E-state index contributed by atoms with van der Waals surface area (Å²) in [4.78, 5) is 11.8. The molecule has 4 heteroatoms. The van der Waals surface area contributed by atoms with E-state index in [0.717, 1.165) is 15.9 Å². The lowest BCUT2D eigenvalue weighted by molar-refractivity contribution is 0.0937. The molecule has 0 radical (unpaired) electrons. The Kier molecular flexibility index (Phi) is 4.56. The van der Waals surface area contributed by atoms with Crippen LogP contribution < -0.4 is 5.32 Å². The summed E-state index contributed by atoms with van der Waals surface area (Å²) in [6.45, 7) is 9.43. The Hall–Kier alpha value is -0.350. The number of hydrogen-bond acceptors (Lipinski definition) is 2. The van der Waals surface area contributed by atoms with Gasteiger partial charge in [-0.2, -0.15) is 0 Å². The first kappa shape index (κ1) is 13.7. The van der Waals surface area contributed by atoms with Gasteiger partial charge in [-0.3, -0.25) is 4.79 Å². The van der Waals surface area contributed by atoms with E-state index >= 15 is 0 Å². The second kappa shape index (κ2) is 5.32. The van der Waals surface area contributed by atoms with Gasteiger partial charge in [0.2, 0.25) is 0 Å². The molecule has 16 heavy (non-hydrogen) atoms. The first-order valence-electron chi connectivity index (χ1n) is 5.33. The summed E-state index contributed by atoms with van der Waals surface area (Å²) in [5.41, 5.74) is 0.959. The van der Waals surface area contributed by atoms with Crippen LogP contribution in [-0.4, -0.2) is 12.5 Å². The largest absolute Gasteiger partial charge is 0.352 e. The topological polar surface area (TPSA) is 29.1 Å². The van der Waals surface area contributed by atoms with E-state index < -0.39 is 0 Å². The van der Waals surface area contributed by atoms with Gasteiger partial charge >= 0.3 is 0 Å². The van der Waals surface area contributed by atoms with Crippen LogP contribution in [0, 0.1) is 11.3 Å². The molecular formula is C12H18BrNOS. The number of rotatable bonds is 3. The van der Waals surface area contributed by atoms with E-state index in [-0.39, 0.29) is 11.3 Å². The molecular weight excluding hydrogens is 286 g/mol. The number of carbonyl (C=O) groups is 1. The molecule has 1 N–H and O–H groups in total. The fourth-order valence-electron chi connectivity index (χ4n) is 1.08. The fourth-order valence-corrected chi connectivity index (χ4v) is 2.22. The molecule has 0 fully saturated rings. The molecule has 0 saturated heterocycles. The highest BCUT2D eigenvalue weighted by Gasteiger charge is 2.20. The van der Waals surface area contributed by atoms with Crippen LogP contribution in [0.1, 0.15) is 38.1 Å². The van der Waals surface area contributed by atoms with Crippen LogP contribution in [0.15, 0.2) is 15.2 Å². The van der Waals surface area contributed by atoms with Crippen LogP contribution in [0.5, 0.6) is 0 Å². The van der Waals surface area contributed by atoms with Crippen molar-refractivity contribution in [1.29, 1.82) is 0 Å². The average Bonchev–Trinajstić information content (AvgIpc) is 2.59. The lowest BCUT2D eigenvalue weighted by Crippen LogP contribution is -2.33. The second-order valence-corrected chi connectivity index (χ2v) is 7.41. The standard InChI is InChI=1S/C12H18BrNOS/c1-8(12(2,3)4)6-14-11(15)9-5-10(13)16-7-9/h5,7-8H,6H2,1-4H3,(H,14,15). The zero-order chi connectivity index (χ0) is 12.3. The molecule has 90 valence electrons. The highest BCUT2D eigenvalue weighted by molar-refractivity contribution is 9.11. The molecule has 2 nitrogen and oxygen atoms in total. The Bertz CT molecular complexity index is 367. The van der Waals surface area contributed by atoms with Crippen LogP contribution >= 0.6 is 27.3 Å². The zero-order valence-corrected chi connectivity index (χ0v) is 12.5. The zero-order valence-electron chi connectivity index (χ0n) is 10.1. The SMILES string of the molecule is CC(CNC(=O)c1csc(Br)c1)C(C)(C)C. The molecule has 0 aromatic carbocycles. The Morgan fingerprint density at radius 3 is 2.62 bits per heavy atom. The van der Waals surface area contributed by atoms with Gasteiger partial charge in [-0.15, -0.1) is 11.3 Å². The molecule has 1 amide bonds. The Balaban J connectivity index is 2.48. The van der Waals surface area contributed by atoms with Crippen LogP contribution in [-0.2, 0) is 0 Å². The Morgan fingerprint density at radius 2 is 2.19 bits per heavy atom. The predicted molar refractivity (Wildman–Crippen MR) is 73.0 cm³/mol. The first-order chi connectivity index (χ1) is 7.30. The van der Waals surface area contributed by atoms with Gasteiger partial charge in [0.05, 0.1) is 9.35 Å². The van der Waals surface area contributed by atoms with E-state index in [1.165, 1.54) is 11.3 Å². The minimum atomic E-state index is 0.0121. The van der Waals surface area contributed by atoms with Crippen molar-refractivity contribution < 1.29 is 4.79 Å². The third-order valence-corrected chi connectivity index (χ3v) is 4.38. The van der Waals surface area contributed by atoms with E-state index in [1.54, 1.807) is 0 Å². The molecule has 1 heterocycles. The molecule has 1 aromatic heterocycles. The van der Waals surface area contributed by atoms with Gasteiger partial charge in [0.25, 0.3) is 5.91 Å². The van der Waals surface area contributed by atoms with E-state index in [9.17, 15) is 4.79 Å². The Labute approximate surface area is 110 Å². The van der Waals surface area contributed by atoms with Crippen molar-refractivity contribution in [1.82, 2.24) is 5.32 Å². The quantitative estimate of drug-likeness (QED) is 0.901. The van der Waals surface area contributed by atoms with E-state index in [1.807, 2.05) is 11.4 Å². The number of hydrogen-bond donors (Lipinski definition) is 1. The maximum atomic E-state index is 11.8. The van der Waals surface area contributed by atoms with E-state index in [4.69, 9.17) is 0 Å². The molecule has 0 spiro atoms. The summed E-state index contributed by atoms with van der Waals surface area (Å²) in [5, 5.41) is 4.83. The lowest BCUT2D eigenvalue weighted by atomic mass is 9.82. The maximum absolute atomic E-state index is 11.8. The number of thiophene rings is 1. The summed E-state index contributed by atoms with van der Waals surface area (Å²) >= 11 is 4.88. The maximum Gasteiger partial charge on any atom is 0.252 e. The van der Waals surface area contributed by atoms with Gasteiger partial charge in [-0.25, -0.2) is 0 Å². The molecule has 1 aromatic rings. The number of carbonyl (C=O) groups excluding carboxylic acids is 1. The minimum absolute atomic E-state index is 0.0121. The van der Waals surface area contributed by atoms with Crippen LogP contribution in [0.25, 0.3) is 0 Å². The summed E-state index contributed by atoms with van der Waals surface area (Å²) in [6.07, 6.45) is 0. The molecule has 0 aliphatic carbocycles.